The van der Waals surface area contributed by atoms with Gasteiger partial charge in [0, 0.05) is 12.6 Å². The van der Waals surface area contributed by atoms with Crippen molar-refractivity contribution < 1.29 is 18.7 Å². The van der Waals surface area contributed by atoms with Crippen molar-refractivity contribution in [2.75, 3.05) is 13.2 Å². The van der Waals surface area contributed by atoms with Crippen LogP contribution in [0.3, 0.4) is 0 Å². The van der Waals surface area contributed by atoms with Crippen molar-refractivity contribution in [1.82, 2.24) is 10.6 Å². The summed E-state index contributed by atoms with van der Waals surface area (Å²) >= 11 is 5.86. The van der Waals surface area contributed by atoms with Crippen LogP contribution in [0.4, 0.5) is 9.18 Å². The van der Waals surface area contributed by atoms with Gasteiger partial charge in [0.2, 0.25) is 0 Å². The molecule has 7 heteroatoms. The van der Waals surface area contributed by atoms with Crippen LogP contribution in [0.1, 0.15) is 37.6 Å². The Hall–Kier alpha value is -1.82. The van der Waals surface area contributed by atoms with E-state index in [1.807, 2.05) is 13.8 Å². The molecule has 1 rings (SSSR count). The van der Waals surface area contributed by atoms with Crippen LogP contribution in [0.25, 0.3) is 0 Å². The summed E-state index contributed by atoms with van der Waals surface area (Å²) in [4.78, 5) is 23.6. The fourth-order valence-corrected chi connectivity index (χ4v) is 2.37. The lowest BCUT2D eigenvalue weighted by Crippen LogP contribution is -2.44. The molecule has 0 spiro atoms. The molecule has 1 aromatic rings. The highest BCUT2D eigenvalue weighted by atomic mass is 35.5. The number of benzene rings is 1. The van der Waals surface area contributed by atoms with Crippen molar-refractivity contribution >= 4 is 23.6 Å². The van der Waals surface area contributed by atoms with Crippen LogP contribution in [0.15, 0.2) is 18.2 Å². The molecule has 0 unspecified atom stereocenters. The number of nitrogens with one attached hydrogen (secondary N) is 2. The number of rotatable bonds is 7. The van der Waals surface area contributed by atoms with Crippen LogP contribution in [0, 0.1) is 11.7 Å². The molecule has 0 saturated heterocycles. The molecule has 128 valence electrons. The van der Waals surface area contributed by atoms with Crippen molar-refractivity contribution in [3.05, 3.63) is 34.6 Å². The van der Waals surface area contributed by atoms with E-state index < -0.39 is 17.8 Å². The van der Waals surface area contributed by atoms with Gasteiger partial charge in [0.1, 0.15) is 5.82 Å². The predicted octanol–water partition coefficient (Wildman–Crippen LogP) is 3.37. The first-order chi connectivity index (χ1) is 10.8. The lowest BCUT2D eigenvalue weighted by Gasteiger charge is -2.21. The van der Waals surface area contributed by atoms with Crippen molar-refractivity contribution in [1.29, 1.82) is 0 Å². The molecule has 5 nitrogen and oxygen atoms in total. The van der Waals surface area contributed by atoms with E-state index in [-0.39, 0.29) is 29.8 Å². The molecule has 1 atom stereocenters. The molecule has 0 aliphatic rings. The average molecular weight is 345 g/mol. The molecule has 0 saturated carbocycles. The van der Waals surface area contributed by atoms with Crippen molar-refractivity contribution in [3.63, 3.8) is 0 Å². The van der Waals surface area contributed by atoms with Gasteiger partial charge in [0.15, 0.2) is 0 Å². The molecule has 2 N–H and O–H groups in total. The second-order valence-electron chi connectivity index (χ2n) is 5.50. The molecule has 23 heavy (non-hydrogen) atoms. The summed E-state index contributed by atoms with van der Waals surface area (Å²) in [7, 11) is 0. The van der Waals surface area contributed by atoms with Crippen LogP contribution in [0.2, 0.25) is 5.02 Å². The molecule has 0 radical (unpaired) electrons. The first kappa shape index (κ1) is 19.2. The van der Waals surface area contributed by atoms with Crippen molar-refractivity contribution in [2.45, 2.75) is 33.2 Å². The Kier molecular flexibility index (Phi) is 7.81. The van der Waals surface area contributed by atoms with Crippen molar-refractivity contribution in [2.24, 2.45) is 5.92 Å². The van der Waals surface area contributed by atoms with E-state index in [2.05, 4.69) is 10.6 Å². The van der Waals surface area contributed by atoms with Crippen LogP contribution in [-0.2, 0) is 4.74 Å². The first-order valence-corrected chi connectivity index (χ1v) is 7.88. The molecule has 1 aromatic carbocycles. The topological polar surface area (TPSA) is 67.4 Å². The monoisotopic (exact) mass is 344 g/mol. The average Bonchev–Trinajstić information content (AvgIpc) is 2.44. The zero-order chi connectivity index (χ0) is 17.4. The summed E-state index contributed by atoms with van der Waals surface area (Å²) in [6.45, 7) is 6.11. The first-order valence-electron chi connectivity index (χ1n) is 7.50. The Balaban J connectivity index is 2.69. The highest BCUT2D eigenvalue weighted by Crippen LogP contribution is 2.18. The third kappa shape index (κ3) is 6.44. The van der Waals surface area contributed by atoms with Gasteiger partial charge >= 0.3 is 6.09 Å². The van der Waals surface area contributed by atoms with Gasteiger partial charge in [-0.15, -0.1) is 0 Å². The lowest BCUT2D eigenvalue weighted by atomic mass is 10.0. The predicted molar refractivity (Wildman–Crippen MR) is 87.1 cm³/mol. The maximum Gasteiger partial charge on any atom is 0.407 e. The van der Waals surface area contributed by atoms with E-state index in [4.69, 9.17) is 16.3 Å². The van der Waals surface area contributed by atoms with Gasteiger partial charge in [-0.3, -0.25) is 4.79 Å². The third-order valence-electron chi connectivity index (χ3n) is 3.05. The summed E-state index contributed by atoms with van der Waals surface area (Å²) in [6, 6.07) is 3.73. The van der Waals surface area contributed by atoms with Gasteiger partial charge in [0.05, 0.1) is 17.2 Å². The molecular weight excluding hydrogens is 323 g/mol. The number of carbonyl (C=O) groups excluding carboxylic acids is 2. The van der Waals surface area contributed by atoms with Crippen LogP contribution in [-0.4, -0.2) is 31.2 Å². The van der Waals surface area contributed by atoms with Gasteiger partial charge in [-0.1, -0.05) is 31.5 Å². The summed E-state index contributed by atoms with van der Waals surface area (Å²) in [6.07, 6.45) is 0.0979. The molecule has 2 amide bonds. The lowest BCUT2D eigenvalue weighted by molar-refractivity contribution is 0.0940. The Bertz CT molecular complexity index is 532. The summed E-state index contributed by atoms with van der Waals surface area (Å²) in [5, 5.41) is 5.33. The molecule has 0 aromatic heterocycles. The SMILES string of the molecule is CCOC(=O)N[C@H](CNC(=O)c1c(F)cccc1Cl)CC(C)C. The highest BCUT2D eigenvalue weighted by Gasteiger charge is 2.19. The Morgan fingerprint density at radius 3 is 2.61 bits per heavy atom. The summed E-state index contributed by atoms with van der Waals surface area (Å²) in [5.74, 6) is -1.00. The summed E-state index contributed by atoms with van der Waals surface area (Å²) in [5.41, 5.74) is -0.200. The Morgan fingerprint density at radius 2 is 2.04 bits per heavy atom. The van der Waals surface area contributed by atoms with Gasteiger partial charge in [-0.25, -0.2) is 9.18 Å². The maximum atomic E-state index is 13.7. The second kappa shape index (κ2) is 9.35. The van der Waals surface area contributed by atoms with E-state index in [0.717, 1.165) is 0 Å². The fraction of sp³-hybridized carbons (Fsp3) is 0.500. The standard InChI is InChI=1S/C16H22ClFN2O3/c1-4-23-16(22)20-11(8-10(2)3)9-19-15(21)14-12(17)6-5-7-13(14)18/h5-7,10-11H,4,8-9H2,1-3H3,(H,19,21)(H,20,22)/t11-/m0/s1. The van der Waals surface area contributed by atoms with Gasteiger partial charge in [0.25, 0.3) is 5.91 Å². The zero-order valence-corrected chi connectivity index (χ0v) is 14.2. The summed E-state index contributed by atoms with van der Waals surface area (Å²) < 4.78 is 18.6. The number of carbonyl (C=O) groups is 2. The van der Waals surface area contributed by atoms with Crippen LogP contribution < -0.4 is 10.6 Å². The minimum absolute atomic E-state index is 0.0428. The number of halogens is 2. The number of hydrogen-bond acceptors (Lipinski definition) is 3. The number of hydrogen-bond donors (Lipinski definition) is 2. The molecular formula is C16H22ClFN2O3. The third-order valence-corrected chi connectivity index (χ3v) is 3.37. The van der Waals surface area contributed by atoms with Crippen molar-refractivity contribution in [3.8, 4) is 0 Å². The molecule has 0 aliphatic carbocycles. The molecule has 0 fully saturated rings. The minimum Gasteiger partial charge on any atom is -0.450 e. The quantitative estimate of drug-likeness (QED) is 0.797. The Labute approximate surface area is 140 Å². The van der Waals surface area contributed by atoms with Crippen LogP contribution in [0.5, 0.6) is 0 Å². The number of amides is 2. The van der Waals surface area contributed by atoms with E-state index in [1.54, 1.807) is 6.92 Å². The normalized spacial score (nSPS) is 11.9. The fourth-order valence-electron chi connectivity index (χ4n) is 2.12. The molecule has 0 aliphatic heterocycles. The van der Waals surface area contributed by atoms with E-state index in [9.17, 15) is 14.0 Å². The highest BCUT2D eigenvalue weighted by molar-refractivity contribution is 6.33. The van der Waals surface area contributed by atoms with E-state index in [1.165, 1.54) is 18.2 Å². The maximum absolute atomic E-state index is 13.7. The van der Waals surface area contributed by atoms with E-state index in [0.29, 0.717) is 12.3 Å². The number of ether oxygens (including phenoxy) is 1. The van der Waals surface area contributed by atoms with Gasteiger partial charge in [-0.05, 0) is 31.4 Å². The smallest absolute Gasteiger partial charge is 0.407 e. The van der Waals surface area contributed by atoms with Crippen LogP contribution >= 0.6 is 11.6 Å². The molecule has 0 bridgehead atoms. The Morgan fingerprint density at radius 1 is 1.35 bits per heavy atom. The second-order valence-corrected chi connectivity index (χ2v) is 5.91. The number of alkyl carbamates (subject to hydrolysis) is 1. The van der Waals surface area contributed by atoms with Gasteiger partial charge in [-0.2, -0.15) is 0 Å². The van der Waals surface area contributed by atoms with Gasteiger partial charge < -0.3 is 15.4 Å². The zero-order valence-electron chi connectivity index (χ0n) is 13.5. The molecule has 0 heterocycles. The van der Waals surface area contributed by atoms with E-state index >= 15 is 0 Å². The minimum atomic E-state index is -0.686. The largest absolute Gasteiger partial charge is 0.450 e.